The van der Waals surface area contributed by atoms with Gasteiger partial charge in [-0.1, -0.05) is 6.07 Å². The molecular weight excluding hydrogens is 243 g/mol. The lowest BCUT2D eigenvalue weighted by molar-refractivity contribution is -0.149. The molecule has 0 aliphatic carbocycles. The first-order valence-electron chi connectivity index (χ1n) is 5.09. The molecule has 1 aromatic rings. The molecule has 1 atom stereocenters. The number of carbonyl (C=O) groups is 2. The molecular formula is C11H13FN2O4. The lowest BCUT2D eigenvalue weighted by Gasteiger charge is -2.10. The van der Waals surface area contributed by atoms with Crippen LogP contribution in [0.4, 0.5) is 14.9 Å². The Kier molecular flexibility index (Phi) is 5.06. The normalized spacial score (nSPS) is 11.5. The standard InChI is InChI=1S/C11H13FN2O4/c1-18-10(16)9(15)6-13-11(17)14-8-4-2-3-7(12)5-8/h2-5,9,15H,6H2,1H3,(H2,13,14,17). The second kappa shape index (κ2) is 6.55. The number of hydrogen-bond donors (Lipinski definition) is 3. The number of rotatable bonds is 4. The van der Waals surface area contributed by atoms with Gasteiger partial charge in [0.1, 0.15) is 5.82 Å². The number of methoxy groups -OCH3 is 1. The Balaban J connectivity index is 2.41. The molecule has 2 amide bonds. The zero-order valence-electron chi connectivity index (χ0n) is 9.64. The molecule has 0 fully saturated rings. The van der Waals surface area contributed by atoms with E-state index >= 15 is 0 Å². The van der Waals surface area contributed by atoms with Gasteiger partial charge < -0.3 is 20.5 Å². The topological polar surface area (TPSA) is 87.7 Å². The van der Waals surface area contributed by atoms with E-state index in [1.165, 1.54) is 18.2 Å². The Bertz CT molecular complexity index is 439. The predicted molar refractivity (Wildman–Crippen MR) is 61.4 cm³/mol. The van der Waals surface area contributed by atoms with Crippen LogP contribution in [0.3, 0.4) is 0 Å². The number of aliphatic hydroxyl groups excluding tert-OH is 1. The van der Waals surface area contributed by atoms with Gasteiger partial charge in [0.15, 0.2) is 6.10 Å². The minimum Gasteiger partial charge on any atom is -0.467 e. The van der Waals surface area contributed by atoms with Crippen LogP contribution in [-0.4, -0.2) is 36.9 Å². The molecule has 1 rings (SSSR count). The Labute approximate surface area is 103 Å². The van der Waals surface area contributed by atoms with Crippen LogP contribution in [0.5, 0.6) is 0 Å². The summed E-state index contributed by atoms with van der Waals surface area (Å²) in [6.45, 7) is -0.298. The molecule has 0 radical (unpaired) electrons. The fraction of sp³-hybridized carbons (Fsp3) is 0.273. The minimum absolute atomic E-state index is 0.264. The Morgan fingerprint density at radius 3 is 2.83 bits per heavy atom. The summed E-state index contributed by atoms with van der Waals surface area (Å²) in [6, 6.07) is 4.65. The van der Waals surface area contributed by atoms with E-state index in [2.05, 4.69) is 15.4 Å². The molecule has 1 unspecified atom stereocenters. The van der Waals surface area contributed by atoms with Crippen molar-refractivity contribution in [1.29, 1.82) is 0 Å². The highest BCUT2D eigenvalue weighted by Gasteiger charge is 2.15. The first kappa shape index (κ1) is 13.9. The van der Waals surface area contributed by atoms with Crippen molar-refractivity contribution in [3.63, 3.8) is 0 Å². The summed E-state index contributed by atoms with van der Waals surface area (Å²) >= 11 is 0. The van der Waals surface area contributed by atoms with Crippen LogP contribution in [0.15, 0.2) is 24.3 Å². The number of carbonyl (C=O) groups excluding carboxylic acids is 2. The largest absolute Gasteiger partial charge is 0.467 e. The molecule has 0 bridgehead atoms. The van der Waals surface area contributed by atoms with E-state index in [0.717, 1.165) is 13.2 Å². The molecule has 7 heteroatoms. The van der Waals surface area contributed by atoms with E-state index in [9.17, 15) is 19.1 Å². The van der Waals surface area contributed by atoms with Crippen molar-refractivity contribution in [3.8, 4) is 0 Å². The number of ether oxygens (including phenoxy) is 1. The van der Waals surface area contributed by atoms with Gasteiger partial charge in [-0.25, -0.2) is 14.0 Å². The van der Waals surface area contributed by atoms with Crippen LogP contribution in [0.25, 0.3) is 0 Å². The number of aliphatic hydroxyl groups is 1. The van der Waals surface area contributed by atoms with Crippen molar-refractivity contribution in [2.24, 2.45) is 0 Å². The summed E-state index contributed by atoms with van der Waals surface area (Å²) in [5, 5.41) is 13.8. The van der Waals surface area contributed by atoms with Crippen molar-refractivity contribution in [1.82, 2.24) is 5.32 Å². The summed E-state index contributed by atoms with van der Waals surface area (Å²) < 4.78 is 17.1. The number of esters is 1. The van der Waals surface area contributed by atoms with Gasteiger partial charge in [0, 0.05) is 5.69 Å². The maximum atomic E-state index is 12.8. The Hall–Kier alpha value is -2.15. The van der Waals surface area contributed by atoms with Gasteiger partial charge in [0.05, 0.1) is 13.7 Å². The molecule has 0 saturated heterocycles. The van der Waals surface area contributed by atoms with E-state index in [1.54, 1.807) is 0 Å². The van der Waals surface area contributed by atoms with Crippen LogP contribution in [0.2, 0.25) is 0 Å². The first-order chi connectivity index (χ1) is 8.52. The van der Waals surface area contributed by atoms with Gasteiger partial charge in [0.2, 0.25) is 0 Å². The van der Waals surface area contributed by atoms with Crippen LogP contribution in [0, 0.1) is 5.82 Å². The maximum absolute atomic E-state index is 12.8. The molecule has 18 heavy (non-hydrogen) atoms. The van der Waals surface area contributed by atoms with E-state index in [1.807, 2.05) is 0 Å². The number of nitrogens with one attached hydrogen (secondary N) is 2. The fourth-order valence-electron chi connectivity index (χ4n) is 1.15. The van der Waals surface area contributed by atoms with Crippen LogP contribution < -0.4 is 10.6 Å². The zero-order chi connectivity index (χ0) is 13.5. The molecule has 6 nitrogen and oxygen atoms in total. The third-order valence-electron chi connectivity index (χ3n) is 2.01. The summed E-state index contributed by atoms with van der Waals surface area (Å²) in [6.07, 6.45) is -1.44. The van der Waals surface area contributed by atoms with E-state index in [0.29, 0.717) is 0 Å². The summed E-state index contributed by atoms with van der Waals surface area (Å²) in [7, 11) is 1.12. The second-order valence-electron chi connectivity index (χ2n) is 3.38. The maximum Gasteiger partial charge on any atom is 0.336 e. The first-order valence-corrected chi connectivity index (χ1v) is 5.09. The third kappa shape index (κ3) is 4.38. The van der Waals surface area contributed by atoms with Crippen LogP contribution in [-0.2, 0) is 9.53 Å². The average molecular weight is 256 g/mol. The van der Waals surface area contributed by atoms with Gasteiger partial charge in [0.25, 0.3) is 0 Å². The van der Waals surface area contributed by atoms with Gasteiger partial charge in [-0.15, -0.1) is 0 Å². The Morgan fingerprint density at radius 2 is 2.22 bits per heavy atom. The second-order valence-corrected chi connectivity index (χ2v) is 3.38. The molecule has 1 aromatic carbocycles. The van der Waals surface area contributed by atoms with E-state index in [-0.39, 0.29) is 12.2 Å². The number of anilines is 1. The van der Waals surface area contributed by atoms with E-state index < -0.39 is 23.9 Å². The highest BCUT2D eigenvalue weighted by molar-refractivity contribution is 5.89. The molecule has 0 spiro atoms. The van der Waals surface area contributed by atoms with Crippen molar-refractivity contribution in [2.45, 2.75) is 6.10 Å². The lowest BCUT2D eigenvalue weighted by Crippen LogP contribution is -2.39. The monoisotopic (exact) mass is 256 g/mol. The Morgan fingerprint density at radius 1 is 1.50 bits per heavy atom. The van der Waals surface area contributed by atoms with Gasteiger partial charge >= 0.3 is 12.0 Å². The number of urea groups is 1. The fourth-order valence-corrected chi connectivity index (χ4v) is 1.15. The van der Waals surface area contributed by atoms with Gasteiger partial charge in [-0.3, -0.25) is 0 Å². The number of halogens is 1. The highest BCUT2D eigenvalue weighted by atomic mass is 19.1. The van der Waals surface area contributed by atoms with E-state index in [4.69, 9.17) is 0 Å². The molecule has 98 valence electrons. The van der Waals surface area contributed by atoms with Crippen LogP contribution >= 0.6 is 0 Å². The van der Waals surface area contributed by atoms with Crippen molar-refractivity contribution < 1.29 is 23.8 Å². The lowest BCUT2D eigenvalue weighted by atomic mass is 10.3. The van der Waals surface area contributed by atoms with Crippen molar-refractivity contribution >= 4 is 17.7 Å². The molecule has 0 aromatic heterocycles. The quantitative estimate of drug-likeness (QED) is 0.684. The molecule has 3 N–H and O–H groups in total. The number of amides is 2. The summed E-state index contributed by atoms with van der Waals surface area (Å²) in [5.74, 6) is -1.33. The number of hydrogen-bond acceptors (Lipinski definition) is 4. The highest BCUT2D eigenvalue weighted by Crippen LogP contribution is 2.08. The minimum atomic E-state index is -1.44. The zero-order valence-corrected chi connectivity index (χ0v) is 9.64. The molecule has 0 aliphatic heterocycles. The average Bonchev–Trinajstić information content (AvgIpc) is 2.35. The van der Waals surface area contributed by atoms with Gasteiger partial charge in [-0.05, 0) is 18.2 Å². The molecule has 0 saturated carbocycles. The molecule has 0 aliphatic rings. The summed E-state index contributed by atoms with van der Waals surface area (Å²) in [4.78, 5) is 22.2. The predicted octanol–water partition coefficient (Wildman–Crippen LogP) is 0.481. The SMILES string of the molecule is COC(=O)C(O)CNC(=O)Nc1cccc(F)c1. The van der Waals surface area contributed by atoms with Gasteiger partial charge in [-0.2, -0.15) is 0 Å². The number of benzene rings is 1. The van der Waals surface area contributed by atoms with Crippen molar-refractivity contribution in [3.05, 3.63) is 30.1 Å². The third-order valence-corrected chi connectivity index (χ3v) is 2.01. The smallest absolute Gasteiger partial charge is 0.336 e. The summed E-state index contributed by atoms with van der Waals surface area (Å²) in [5.41, 5.74) is 0.264. The van der Waals surface area contributed by atoms with Crippen molar-refractivity contribution in [2.75, 3.05) is 19.0 Å². The van der Waals surface area contributed by atoms with Crippen LogP contribution in [0.1, 0.15) is 0 Å². The molecule has 0 heterocycles.